The number of nitrogens with two attached hydrogens (primary N) is 1. The van der Waals surface area contributed by atoms with Gasteiger partial charge in [0.2, 0.25) is 0 Å². The summed E-state index contributed by atoms with van der Waals surface area (Å²) in [6.07, 6.45) is 4.16. The molecule has 1 amide bonds. The lowest BCUT2D eigenvalue weighted by Crippen LogP contribution is -2.35. The normalized spacial score (nSPS) is 17.7. The zero-order chi connectivity index (χ0) is 20.3. The molecule has 28 heavy (non-hydrogen) atoms. The average molecular weight is 455 g/mol. The molecule has 2 aromatic heterocycles. The number of allylic oxidation sites excluding steroid dienone is 1. The third-order valence-electron chi connectivity index (χ3n) is 4.43. The summed E-state index contributed by atoms with van der Waals surface area (Å²) < 4.78 is 28.3. The number of carbonyl (C=O) groups excluding carboxylic acids is 1. The highest BCUT2D eigenvalue weighted by atomic mass is 79.9. The lowest BCUT2D eigenvalue weighted by molar-refractivity contribution is 0.0956. The van der Waals surface area contributed by atoms with Crippen molar-refractivity contribution in [3.63, 3.8) is 0 Å². The van der Waals surface area contributed by atoms with Crippen LogP contribution in [0.1, 0.15) is 23.7 Å². The molecule has 1 aliphatic heterocycles. The Labute approximate surface area is 169 Å². The van der Waals surface area contributed by atoms with Crippen molar-refractivity contribution in [1.82, 2.24) is 20.0 Å². The lowest BCUT2D eigenvalue weighted by atomic mass is 10.1. The number of nitrogens with zero attached hydrogens (tertiary/aromatic N) is 2. The summed E-state index contributed by atoms with van der Waals surface area (Å²) in [5.74, 6) is -0.319. The Kier molecular flexibility index (Phi) is 6.30. The second kappa shape index (κ2) is 8.70. The highest BCUT2D eigenvalue weighted by Gasteiger charge is 2.18. The first kappa shape index (κ1) is 20.3. The highest BCUT2D eigenvalue weighted by molar-refractivity contribution is 9.10. The number of rotatable bonds is 6. The minimum Gasteiger partial charge on any atom is -0.403 e. The average Bonchev–Trinajstić information content (AvgIpc) is 3.06. The monoisotopic (exact) mass is 454 g/mol. The molecule has 7 nitrogen and oxygen atoms in total. The van der Waals surface area contributed by atoms with E-state index >= 15 is 0 Å². The van der Waals surface area contributed by atoms with Crippen molar-refractivity contribution >= 4 is 33.2 Å². The van der Waals surface area contributed by atoms with Crippen LogP contribution in [-0.2, 0) is 0 Å². The van der Waals surface area contributed by atoms with Gasteiger partial charge in [0, 0.05) is 31.5 Å². The standard InChI is InChI=1S/C18H21BrF2N6O/c1-10-2-3-11(6-23-10)7-25-18(28)12-4-13(26-14(5-22)16(20)21)17-24-8-15(19)27(17)9-12/h3-5,8-10,16,23,26H,2,6-7,22H2,1H3,(H,25,28)/b14-5-. The SMILES string of the molecule is CC1CC=C(CNC(=O)c2cc(N/C(=C\N)C(F)F)c3ncc(Br)n3c2)CN1. The fourth-order valence-electron chi connectivity index (χ4n) is 2.83. The molecule has 5 N–H and O–H groups in total. The molecule has 1 unspecified atom stereocenters. The van der Waals surface area contributed by atoms with E-state index in [4.69, 9.17) is 5.73 Å². The predicted molar refractivity (Wildman–Crippen MR) is 107 cm³/mol. The summed E-state index contributed by atoms with van der Waals surface area (Å²) in [6, 6.07) is 1.90. The van der Waals surface area contributed by atoms with Gasteiger partial charge in [-0.05, 0) is 40.9 Å². The summed E-state index contributed by atoms with van der Waals surface area (Å²) >= 11 is 3.34. The second-order valence-corrected chi connectivity index (χ2v) is 7.34. The number of amides is 1. The van der Waals surface area contributed by atoms with Crippen LogP contribution in [0.15, 0.2) is 46.6 Å². The van der Waals surface area contributed by atoms with Crippen molar-refractivity contribution in [1.29, 1.82) is 0 Å². The van der Waals surface area contributed by atoms with Crippen LogP contribution in [0.4, 0.5) is 14.5 Å². The quantitative estimate of drug-likeness (QED) is 0.503. The Morgan fingerprint density at radius 2 is 2.36 bits per heavy atom. The summed E-state index contributed by atoms with van der Waals surface area (Å²) in [5.41, 5.74) is 6.85. The molecule has 0 aromatic carbocycles. The minimum absolute atomic E-state index is 0.253. The topological polar surface area (TPSA) is 96.5 Å². The van der Waals surface area contributed by atoms with Crippen LogP contribution in [0.3, 0.4) is 0 Å². The first-order valence-electron chi connectivity index (χ1n) is 8.72. The van der Waals surface area contributed by atoms with E-state index < -0.39 is 12.1 Å². The van der Waals surface area contributed by atoms with E-state index in [0.29, 0.717) is 28.4 Å². The maximum Gasteiger partial charge on any atom is 0.279 e. The molecule has 0 radical (unpaired) electrons. The van der Waals surface area contributed by atoms with E-state index in [1.165, 1.54) is 12.3 Å². The van der Waals surface area contributed by atoms with Gasteiger partial charge in [-0.1, -0.05) is 6.08 Å². The van der Waals surface area contributed by atoms with E-state index in [9.17, 15) is 13.6 Å². The van der Waals surface area contributed by atoms with Gasteiger partial charge < -0.3 is 21.7 Å². The van der Waals surface area contributed by atoms with Gasteiger partial charge in [-0.15, -0.1) is 0 Å². The lowest BCUT2D eigenvalue weighted by Gasteiger charge is -2.20. The third kappa shape index (κ3) is 4.50. The van der Waals surface area contributed by atoms with Crippen LogP contribution in [0.5, 0.6) is 0 Å². The molecule has 0 bridgehead atoms. The molecule has 1 aliphatic rings. The van der Waals surface area contributed by atoms with Crippen molar-refractivity contribution < 1.29 is 13.6 Å². The Balaban J connectivity index is 1.84. The van der Waals surface area contributed by atoms with Gasteiger partial charge in [-0.3, -0.25) is 9.20 Å². The number of aromatic nitrogens is 2. The first-order chi connectivity index (χ1) is 13.4. The zero-order valence-electron chi connectivity index (χ0n) is 15.2. The van der Waals surface area contributed by atoms with Crippen molar-refractivity contribution in [3.05, 3.63) is 52.2 Å². The molecule has 0 saturated carbocycles. The number of pyridine rings is 1. The number of nitrogens with one attached hydrogen (secondary N) is 3. The molecule has 0 aliphatic carbocycles. The number of hydrogen-bond donors (Lipinski definition) is 4. The van der Waals surface area contributed by atoms with Crippen LogP contribution in [-0.4, -0.2) is 40.8 Å². The molecule has 10 heteroatoms. The molecule has 3 heterocycles. The van der Waals surface area contributed by atoms with Gasteiger partial charge in [-0.25, -0.2) is 13.8 Å². The number of imidazole rings is 1. The Morgan fingerprint density at radius 1 is 1.57 bits per heavy atom. The van der Waals surface area contributed by atoms with E-state index in [1.807, 2.05) is 0 Å². The number of halogens is 3. The predicted octanol–water partition coefficient (Wildman–Crippen LogP) is 2.61. The molecule has 0 spiro atoms. The number of anilines is 1. The smallest absolute Gasteiger partial charge is 0.279 e. The largest absolute Gasteiger partial charge is 0.403 e. The van der Waals surface area contributed by atoms with E-state index in [-0.39, 0.29) is 11.6 Å². The molecular formula is C18H21BrF2N6O. The first-order valence-corrected chi connectivity index (χ1v) is 9.51. The van der Waals surface area contributed by atoms with Crippen LogP contribution in [0, 0.1) is 0 Å². The molecule has 0 saturated heterocycles. The number of hydrogen-bond acceptors (Lipinski definition) is 5. The van der Waals surface area contributed by atoms with Crippen molar-refractivity contribution in [2.75, 3.05) is 18.4 Å². The fourth-order valence-corrected chi connectivity index (χ4v) is 3.21. The molecule has 2 aromatic rings. The zero-order valence-corrected chi connectivity index (χ0v) is 16.8. The number of carbonyl (C=O) groups is 1. The summed E-state index contributed by atoms with van der Waals surface area (Å²) in [4.78, 5) is 16.8. The molecule has 1 atom stereocenters. The van der Waals surface area contributed by atoms with Crippen molar-refractivity contribution in [2.45, 2.75) is 25.8 Å². The van der Waals surface area contributed by atoms with Gasteiger partial charge in [0.1, 0.15) is 4.60 Å². The summed E-state index contributed by atoms with van der Waals surface area (Å²) in [7, 11) is 0. The minimum atomic E-state index is -2.78. The highest BCUT2D eigenvalue weighted by Crippen LogP contribution is 2.25. The Bertz CT molecular complexity index is 940. The molecule has 3 rings (SSSR count). The second-order valence-electron chi connectivity index (χ2n) is 6.53. The van der Waals surface area contributed by atoms with Crippen molar-refractivity contribution in [2.24, 2.45) is 5.73 Å². The molecule has 0 fully saturated rings. The van der Waals surface area contributed by atoms with Crippen molar-refractivity contribution in [3.8, 4) is 0 Å². The van der Waals surface area contributed by atoms with E-state index in [2.05, 4.69) is 49.9 Å². The summed E-state index contributed by atoms with van der Waals surface area (Å²) in [5, 5.41) is 8.77. The number of alkyl halides is 2. The van der Waals surface area contributed by atoms with Gasteiger partial charge in [0.05, 0.1) is 23.1 Å². The van der Waals surface area contributed by atoms with Crippen LogP contribution in [0.25, 0.3) is 5.65 Å². The number of fused-ring (bicyclic) bond motifs is 1. The Morgan fingerprint density at radius 3 is 3.00 bits per heavy atom. The van der Waals surface area contributed by atoms with Gasteiger partial charge in [0.15, 0.2) is 5.65 Å². The van der Waals surface area contributed by atoms with Gasteiger partial charge in [0.25, 0.3) is 12.3 Å². The van der Waals surface area contributed by atoms with E-state index in [0.717, 1.165) is 24.7 Å². The van der Waals surface area contributed by atoms with Gasteiger partial charge in [-0.2, -0.15) is 0 Å². The summed E-state index contributed by atoms with van der Waals surface area (Å²) in [6.45, 7) is 3.23. The van der Waals surface area contributed by atoms with Crippen LogP contribution in [0.2, 0.25) is 0 Å². The maximum absolute atomic E-state index is 13.1. The molecule has 150 valence electrons. The maximum atomic E-state index is 13.1. The van der Waals surface area contributed by atoms with Crippen LogP contribution < -0.4 is 21.7 Å². The van der Waals surface area contributed by atoms with E-state index in [1.54, 1.807) is 10.6 Å². The molecular weight excluding hydrogens is 434 g/mol. The fraction of sp³-hybridized carbons (Fsp3) is 0.333. The van der Waals surface area contributed by atoms with Gasteiger partial charge >= 0.3 is 0 Å². The Hall–Kier alpha value is -2.46. The van der Waals surface area contributed by atoms with Crippen LogP contribution >= 0.6 is 15.9 Å². The third-order valence-corrected chi connectivity index (χ3v) is 5.02.